The van der Waals surface area contributed by atoms with Gasteiger partial charge in [0.1, 0.15) is 11.6 Å². The summed E-state index contributed by atoms with van der Waals surface area (Å²) < 4.78 is 41.0. The summed E-state index contributed by atoms with van der Waals surface area (Å²) in [4.78, 5) is 12.4. The zero-order chi connectivity index (χ0) is 23.2. The quantitative estimate of drug-likeness (QED) is 0.658. The van der Waals surface area contributed by atoms with E-state index in [0.717, 1.165) is 17.7 Å². The lowest BCUT2D eigenvalue weighted by atomic mass is 9.78. The summed E-state index contributed by atoms with van der Waals surface area (Å²) in [7, 11) is -1.04. The van der Waals surface area contributed by atoms with Gasteiger partial charge >= 0.3 is 13.1 Å². The molecule has 2 N–H and O–H groups in total. The molecule has 0 bridgehead atoms. The van der Waals surface area contributed by atoms with Crippen LogP contribution < -0.4 is 16.1 Å². The zero-order valence-electron chi connectivity index (χ0n) is 19.0. The summed E-state index contributed by atoms with van der Waals surface area (Å²) in [6, 6.07) is 8.62. The molecule has 0 saturated carbocycles. The number of benzene rings is 2. The molecule has 166 valence electrons. The number of rotatable bonds is 3. The molecule has 3 rings (SSSR count). The minimum Gasteiger partial charge on any atom is -0.399 e. The maximum atomic E-state index is 14.7. The third kappa shape index (κ3) is 4.91. The number of anilines is 2. The molecule has 0 aromatic heterocycles. The van der Waals surface area contributed by atoms with Crippen molar-refractivity contribution in [2.75, 3.05) is 10.6 Å². The van der Waals surface area contributed by atoms with Crippen LogP contribution in [0.4, 0.5) is 25.0 Å². The Hall–Kier alpha value is -2.45. The highest BCUT2D eigenvalue weighted by Crippen LogP contribution is 2.37. The summed E-state index contributed by atoms with van der Waals surface area (Å²) >= 11 is 0. The van der Waals surface area contributed by atoms with Gasteiger partial charge in [0.05, 0.1) is 16.9 Å². The molecule has 0 aliphatic carbocycles. The number of amides is 2. The number of halogens is 2. The van der Waals surface area contributed by atoms with Crippen LogP contribution in [0.25, 0.3) is 0 Å². The highest BCUT2D eigenvalue weighted by molar-refractivity contribution is 6.62. The third-order valence-electron chi connectivity index (χ3n) is 5.83. The molecule has 5 nitrogen and oxygen atoms in total. The van der Waals surface area contributed by atoms with Crippen LogP contribution in [0.2, 0.25) is 0 Å². The van der Waals surface area contributed by atoms with Crippen molar-refractivity contribution in [3.8, 4) is 0 Å². The lowest BCUT2D eigenvalue weighted by Crippen LogP contribution is -2.41. The van der Waals surface area contributed by atoms with E-state index < -0.39 is 36.0 Å². The van der Waals surface area contributed by atoms with Crippen molar-refractivity contribution in [2.24, 2.45) is 0 Å². The molecule has 0 spiro atoms. The van der Waals surface area contributed by atoms with Gasteiger partial charge in [-0.25, -0.2) is 13.6 Å². The second-order valence-electron chi connectivity index (χ2n) is 9.85. The van der Waals surface area contributed by atoms with Crippen molar-refractivity contribution >= 4 is 30.0 Å². The normalized spacial score (nSPS) is 17.5. The van der Waals surface area contributed by atoms with Gasteiger partial charge in [-0.2, -0.15) is 0 Å². The Labute approximate surface area is 182 Å². The first-order chi connectivity index (χ1) is 14.2. The van der Waals surface area contributed by atoms with Gasteiger partial charge in [0, 0.05) is 17.2 Å². The minimum atomic E-state index is -1.04. The number of nitrogens with one attached hydrogen (secondary N) is 2. The number of hydrogen-bond acceptors (Lipinski definition) is 3. The fourth-order valence-corrected chi connectivity index (χ4v) is 3.16. The molecule has 1 saturated heterocycles. The van der Waals surface area contributed by atoms with E-state index in [0.29, 0.717) is 5.69 Å². The van der Waals surface area contributed by atoms with E-state index in [-0.39, 0.29) is 16.6 Å². The Kier molecular flexibility index (Phi) is 5.93. The molecule has 1 fully saturated rings. The highest BCUT2D eigenvalue weighted by atomic mass is 19.1. The molecule has 2 aromatic rings. The van der Waals surface area contributed by atoms with E-state index in [1.807, 2.05) is 45.9 Å². The largest absolute Gasteiger partial charge is 0.497 e. The van der Waals surface area contributed by atoms with Crippen LogP contribution in [-0.2, 0) is 14.7 Å². The zero-order valence-corrected chi connectivity index (χ0v) is 19.0. The number of carbonyl (C=O) groups excluding carboxylic acids is 1. The molecular weight excluding hydrogens is 401 g/mol. The van der Waals surface area contributed by atoms with Crippen LogP contribution in [0.15, 0.2) is 36.4 Å². The van der Waals surface area contributed by atoms with E-state index in [1.165, 1.54) is 0 Å². The Balaban J connectivity index is 1.75. The summed E-state index contributed by atoms with van der Waals surface area (Å²) in [5.41, 5.74) is -0.193. The Morgan fingerprint density at radius 3 is 2.13 bits per heavy atom. The van der Waals surface area contributed by atoms with Gasteiger partial charge in [0.25, 0.3) is 0 Å². The Morgan fingerprint density at radius 1 is 0.935 bits per heavy atom. The molecule has 8 heteroatoms. The van der Waals surface area contributed by atoms with Crippen LogP contribution >= 0.6 is 0 Å². The van der Waals surface area contributed by atoms with Crippen molar-refractivity contribution in [3.63, 3.8) is 0 Å². The lowest BCUT2D eigenvalue weighted by molar-refractivity contribution is 0.00578. The predicted molar refractivity (Wildman–Crippen MR) is 120 cm³/mol. The molecule has 0 radical (unpaired) electrons. The Bertz CT molecular complexity index is 987. The lowest BCUT2D eigenvalue weighted by Gasteiger charge is -2.32. The van der Waals surface area contributed by atoms with Gasteiger partial charge in [-0.05, 0) is 56.9 Å². The van der Waals surface area contributed by atoms with Crippen LogP contribution in [-0.4, -0.2) is 24.4 Å². The number of hydrogen-bond donors (Lipinski definition) is 2. The van der Waals surface area contributed by atoms with Gasteiger partial charge in [0.15, 0.2) is 0 Å². The SMILES string of the molecule is CC(C)(C)c1cccc(NC(=O)Nc2cc(F)c(B3OC(C)(C)C(C)(C)O3)cc2F)c1. The number of carbonyl (C=O) groups is 1. The van der Waals surface area contributed by atoms with E-state index in [4.69, 9.17) is 9.31 Å². The molecule has 1 aliphatic heterocycles. The van der Waals surface area contributed by atoms with Gasteiger partial charge in [-0.1, -0.05) is 32.9 Å². The monoisotopic (exact) mass is 430 g/mol. The van der Waals surface area contributed by atoms with Crippen LogP contribution in [0.3, 0.4) is 0 Å². The molecule has 0 unspecified atom stereocenters. The summed E-state index contributed by atoms with van der Waals surface area (Å²) in [6.07, 6.45) is 0. The van der Waals surface area contributed by atoms with E-state index >= 15 is 0 Å². The average Bonchev–Trinajstić information content (AvgIpc) is 2.84. The van der Waals surface area contributed by atoms with Crippen LogP contribution in [0.5, 0.6) is 0 Å². The first-order valence-corrected chi connectivity index (χ1v) is 10.2. The van der Waals surface area contributed by atoms with E-state index in [2.05, 4.69) is 31.4 Å². The average molecular weight is 430 g/mol. The van der Waals surface area contributed by atoms with Crippen molar-refractivity contribution in [1.82, 2.24) is 0 Å². The Morgan fingerprint density at radius 2 is 1.55 bits per heavy atom. The standard InChI is InChI=1S/C23H29BF2N2O3/c1-21(2,3)14-9-8-10-15(11-14)27-20(29)28-19-13-17(25)16(12-18(19)26)24-30-22(4,5)23(6,7)31-24/h8-13H,1-7H3,(H2,27,28,29). The first kappa shape index (κ1) is 23.2. The van der Waals surface area contributed by atoms with Crippen molar-refractivity contribution < 1.29 is 22.9 Å². The van der Waals surface area contributed by atoms with Crippen molar-refractivity contribution in [1.29, 1.82) is 0 Å². The molecule has 2 aromatic carbocycles. The minimum absolute atomic E-state index is 0.0556. The van der Waals surface area contributed by atoms with Gasteiger partial charge in [0.2, 0.25) is 0 Å². The fourth-order valence-electron chi connectivity index (χ4n) is 3.16. The van der Waals surface area contributed by atoms with Gasteiger partial charge in [-0.15, -0.1) is 0 Å². The molecule has 1 aliphatic rings. The first-order valence-electron chi connectivity index (χ1n) is 10.2. The number of urea groups is 1. The van der Waals surface area contributed by atoms with Gasteiger partial charge in [-0.3, -0.25) is 0 Å². The fraction of sp³-hybridized carbons (Fsp3) is 0.435. The van der Waals surface area contributed by atoms with Crippen molar-refractivity contribution in [2.45, 2.75) is 65.1 Å². The summed E-state index contributed by atoms with van der Waals surface area (Å²) in [5, 5.41) is 5.01. The molecule has 31 heavy (non-hydrogen) atoms. The van der Waals surface area contributed by atoms with Gasteiger partial charge < -0.3 is 19.9 Å². The highest BCUT2D eigenvalue weighted by Gasteiger charge is 2.52. The summed E-state index contributed by atoms with van der Waals surface area (Å²) in [5.74, 6) is -1.52. The van der Waals surface area contributed by atoms with Crippen LogP contribution in [0, 0.1) is 11.6 Å². The molecule has 0 atom stereocenters. The van der Waals surface area contributed by atoms with E-state index in [1.54, 1.807) is 6.07 Å². The van der Waals surface area contributed by atoms with E-state index in [9.17, 15) is 13.6 Å². The maximum absolute atomic E-state index is 14.7. The van der Waals surface area contributed by atoms with Crippen LogP contribution in [0.1, 0.15) is 54.0 Å². The molecule has 1 heterocycles. The van der Waals surface area contributed by atoms with Crippen molar-refractivity contribution in [3.05, 3.63) is 53.6 Å². The predicted octanol–water partition coefficient (Wildman–Crippen LogP) is 5.21. The second-order valence-corrected chi connectivity index (χ2v) is 9.85. The second kappa shape index (κ2) is 7.91. The smallest absolute Gasteiger partial charge is 0.399 e. The summed E-state index contributed by atoms with van der Waals surface area (Å²) in [6.45, 7) is 13.5. The molecule has 2 amide bonds. The third-order valence-corrected chi connectivity index (χ3v) is 5.83. The maximum Gasteiger partial charge on any atom is 0.497 e. The topological polar surface area (TPSA) is 59.6 Å². The molecular formula is C23H29BF2N2O3.